The van der Waals surface area contributed by atoms with Crippen LogP contribution in [0.1, 0.15) is 0 Å². The van der Waals surface area contributed by atoms with Crippen molar-refractivity contribution in [2.45, 2.75) is 2.45 Å². The predicted octanol–water partition coefficient (Wildman–Crippen LogP) is -0.625. The number of carbonyl (C=O) groups is 2. The van der Waals surface area contributed by atoms with E-state index in [1.165, 1.54) is 17.1 Å². The van der Waals surface area contributed by atoms with Gasteiger partial charge in [0.05, 0.1) is 0 Å². The standard InChI is InChI=1S/C5H3NO2Se.Ba.BrH.Hg/c7-4-1-2-5(8)6(4)3-9;;;/h1-3H;;1H;/q-1;+1;;+1/p-1. The summed E-state index contributed by atoms with van der Waals surface area (Å²) in [4.78, 5) is 23.9. The quantitative estimate of drug-likeness (QED) is 0.318. The van der Waals surface area contributed by atoms with Crippen molar-refractivity contribution in [3.05, 3.63) is 12.2 Å². The monoisotopic (exact) mass is 608 g/mol. The molecule has 0 saturated carbocycles. The Kier molecular flexibility index (Phi) is 6.31. The fourth-order valence-corrected chi connectivity index (χ4v) is 85.3. The summed E-state index contributed by atoms with van der Waals surface area (Å²) in [6, 6.07) is 0. The molecule has 57 valence electrons. The molecule has 0 N–H and O–H groups in total. The first-order valence-electron chi connectivity index (χ1n) is 3.22. The molecule has 1 aliphatic heterocycles. The summed E-state index contributed by atoms with van der Waals surface area (Å²) in [6.45, 7) is 0. The van der Waals surface area contributed by atoms with Gasteiger partial charge in [0.2, 0.25) is 0 Å². The SMILES string of the molecule is O=C1C=CC(=O)N1[CH]([Se][Ba])[Hg][Br]. The van der Waals surface area contributed by atoms with E-state index in [0.29, 0.717) is 8.63 Å². The topological polar surface area (TPSA) is 37.4 Å². The summed E-state index contributed by atoms with van der Waals surface area (Å²) < 4.78 is 0.357. The minimum absolute atomic E-state index is 0.100. The average Bonchev–Trinajstić information content (AvgIpc) is 2.38. The van der Waals surface area contributed by atoms with E-state index in [9.17, 15) is 9.59 Å². The molecule has 1 aliphatic rings. The van der Waals surface area contributed by atoms with E-state index in [0.717, 1.165) is 43.1 Å². The second-order valence-corrected chi connectivity index (χ2v) is 24.5. The summed E-state index contributed by atoms with van der Waals surface area (Å²) >= 11 is 3.15. The molecule has 1 heterocycles. The number of nitrogens with zero attached hydrogens (tertiary/aromatic N) is 1. The first kappa shape index (κ1) is 12.5. The van der Waals surface area contributed by atoms with Crippen LogP contribution in [0, 0.1) is 0 Å². The van der Waals surface area contributed by atoms with Gasteiger partial charge in [-0.05, 0) is 0 Å². The van der Waals surface area contributed by atoms with Gasteiger partial charge in [0, 0.05) is 0 Å². The predicted molar refractivity (Wildman–Crippen MR) is 45.2 cm³/mol. The molecule has 1 radical (unpaired) electrons. The zero-order valence-corrected chi connectivity index (χ0v) is 19.4. The normalized spacial score (nSPS) is 18.2. The van der Waals surface area contributed by atoms with Crippen molar-refractivity contribution in [3.8, 4) is 0 Å². The van der Waals surface area contributed by atoms with Crippen LogP contribution in [0.4, 0.5) is 0 Å². The van der Waals surface area contributed by atoms with Gasteiger partial charge in [0.1, 0.15) is 0 Å². The van der Waals surface area contributed by atoms with Crippen molar-refractivity contribution in [2.24, 2.45) is 0 Å². The molecule has 1 unspecified atom stereocenters. The van der Waals surface area contributed by atoms with E-state index in [2.05, 4.69) is 11.9 Å². The third-order valence-corrected chi connectivity index (χ3v) is 63.0. The van der Waals surface area contributed by atoms with E-state index < -0.39 is 22.1 Å². The summed E-state index contributed by atoms with van der Waals surface area (Å²) in [6.07, 6.45) is 3.32. The van der Waals surface area contributed by atoms with Crippen LogP contribution < -0.4 is 0 Å². The molecule has 0 aromatic heterocycles. The van der Waals surface area contributed by atoms with Gasteiger partial charge in [-0.15, -0.1) is 0 Å². The second-order valence-electron chi connectivity index (χ2n) is 2.16. The molecule has 2 amide bonds. The molecule has 12 heavy (non-hydrogen) atoms. The van der Waals surface area contributed by atoms with Crippen LogP contribution >= 0.6 is 11.9 Å². The zero-order valence-electron chi connectivity index (χ0n) is 6.20. The minimum atomic E-state index is -1.12. The molecule has 1 rings (SSSR count). The summed E-state index contributed by atoms with van der Waals surface area (Å²) in [5.41, 5.74) is 0. The Balaban J connectivity index is 2.74. The fourth-order valence-electron chi connectivity index (χ4n) is 0.884. The first-order valence-corrected chi connectivity index (χ1v) is 29.9. The maximum atomic E-state index is 11.2. The zero-order chi connectivity index (χ0) is 9.14. The molecule has 3 nitrogen and oxygen atoms in total. The van der Waals surface area contributed by atoms with Crippen molar-refractivity contribution in [1.29, 1.82) is 0 Å². The Morgan fingerprint density at radius 1 is 1.50 bits per heavy atom. The van der Waals surface area contributed by atoms with Crippen molar-refractivity contribution >= 4 is 73.0 Å². The van der Waals surface area contributed by atoms with Crippen LogP contribution in [-0.2, 0) is 31.7 Å². The van der Waals surface area contributed by atoms with E-state index in [-0.39, 0.29) is 11.8 Å². The van der Waals surface area contributed by atoms with Gasteiger partial charge in [-0.3, -0.25) is 0 Å². The van der Waals surface area contributed by atoms with Crippen LogP contribution in [0.15, 0.2) is 12.2 Å². The Bertz CT molecular complexity index is 228. The van der Waals surface area contributed by atoms with Crippen LogP contribution in [-0.4, -0.2) is 68.4 Å². The van der Waals surface area contributed by atoms with E-state index >= 15 is 0 Å². The molecule has 7 heteroatoms. The van der Waals surface area contributed by atoms with Crippen LogP contribution in [0.25, 0.3) is 0 Å². The summed E-state index contributed by atoms with van der Waals surface area (Å²) in [5, 5.41) is 0. The van der Waals surface area contributed by atoms with E-state index in [1.807, 2.05) is 0 Å². The fraction of sp³-hybridized carbons (Fsp3) is 0.200. The molecule has 0 aliphatic carbocycles. The number of rotatable bonds is 3. The molecule has 1 atom stereocenters. The molecule has 0 aromatic carbocycles. The Morgan fingerprint density at radius 3 is 2.33 bits per heavy atom. The Morgan fingerprint density at radius 2 is 2.00 bits per heavy atom. The molecule has 0 saturated heterocycles. The van der Waals surface area contributed by atoms with E-state index in [1.54, 1.807) is 0 Å². The number of carbonyl (C=O) groups excluding carboxylic acids is 2. The molecular weight excluding hydrogens is 603 g/mol. The Labute approximate surface area is 121 Å². The average molecular weight is 606 g/mol. The van der Waals surface area contributed by atoms with E-state index in [4.69, 9.17) is 0 Å². The number of hydrogen-bond acceptors (Lipinski definition) is 2. The van der Waals surface area contributed by atoms with Crippen LogP contribution in [0.3, 0.4) is 0 Å². The van der Waals surface area contributed by atoms with Gasteiger partial charge < -0.3 is 0 Å². The number of amides is 2. The molecule has 0 aromatic rings. The summed E-state index contributed by atoms with van der Waals surface area (Å²) in [5.74, 6) is -0.200. The van der Waals surface area contributed by atoms with Crippen molar-refractivity contribution in [3.63, 3.8) is 0 Å². The van der Waals surface area contributed by atoms with Crippen molar-refractivity contribution in [2.75, 3.05) is 0 Å². The first-order chi connectivity index (χ1) is 5.70. The van der Waals surface area contributed by atoms with Gasteiger partial charge in [0.15, 0.2) is 0 Å². The summed E-state index contributed by atoms with van der Waals surface area (Å²) in [7, 11) is 0. The van der Waals surface area contributed by atoms with Crippen LogP contribution in [0.2, 0.25) is 0 Å². The van der Waals surface area contributed by atoms with Crippen LogP contribution in [0.5, 0.6) is 0 Å². The third-order valence-electron chi connectivity index (χ3n) is 1.46. The van der Waals surface area contributed by atoms with Crippen molar-refractivity contribution < 1.29 is 31.7 Å². The van der Waals surface area contributed by atoms with Gasteiger partial charge in [-0.25, -0.2) is 0 Å². The van der Waals surface area contributed by atoms with Gasteiger partial charge in [-0.1, -0.05) is 0 Å². The third kappa shape index (κ3) is 2.94. The molecule has 0 fully saturated rings. The Hall–Kier alpha value is 2.39. The molecular formula is C5H3BaBrHgNO2Se. The number of halogens is 1. The van der Waals surface area contributed by atoms with Gasteiger partial charge >= 0.3 is 124 Å². The number of imide groups is 1. The molecule has 0 spiro atoms. The van der Waals surface area contributed by atoms with Crippen molar-refractivity contribution in [1.82, 2.24) is 4.90 Å². The molecule has 0 bridgehead atoms. The van der Waals surface area contributed by atoms with Gasteiger partial charge in [-0.2, -0.15) is 0 Å². The maximum absolute atomic E-state index is 11.2. The number of hydrogen-bond donors (Lipinski definition) is 0. The van der Waals surface area contributed by atoms with Gasteiger partial charge in [0.25, 0.3) is 0 Å². The second kappa shape index (κ2) is 6.07.